The Labute approximate surface area is 196 Å². The average molecular weight is 470 g/mol. The van der Waals surface area contributed by atoms with E-state index >= 15 is 0 Å². The molecule has 33 heavy (non-hydrogen) atoms. The topological polar surface area (TPSA) is 96.5 Å². The molecule has 3 aromatic rings. The fourth-order valence-electron chi connectivity index (χ4n) is 3.42. The van der Waals surface area contributed by atoms with Crippen molar-refractivity contribution in [1.82, 2.24) is 9.97 Å². The molecule has 0 saturated carbocycles. The van der Waals surface area contributed by atoms with E-state index in [9.17, 15) is 8.42 Å². The van der Waals surface area contributed by atoms with Crippen LogP contribution in [0.1, 0.15) is 32.2 Å². The number of hydrogen-bond acceptors (Lipinski definition) is 7. The summed E-state index contributed by atoms with van der Waals surface area (Å²) in [6.07, 6.45) is 0. The number of nitrogens with zero attached hydrogens (tertiary/aromatic N) is 3. The molecule has 0 saturated heterocycles. The van der Waals surface area contributed by atoms with Gasteiger partial charge in [-0.15, -0.1) is 0 Å². The van der Waals surface area contributed by atoms with Gasteiger partial charge in [0.1, 0.15) is 23.2 Å². The normalized spacial score (nSPS) is 11.2. The van der Waals surface area contributed by atoms with Crippen molar-refractivity contribution in [2.45, 2.75) is 39.5 Å². The van der Waals surface area contributed by atoms with E-state index in [0.717, 1.165) is 30.2 Å². The first-order valence-electron chi connectivity index (χ1n) is 11.0. The summed E-state index contributed by atoms with van der Waals surface area (Å²) in [5.41, 5.74) is 2.02. The Bertz CT molecular complexity index is 1190. The van der Waals surface area contributed by atoms with Crippen LogP contribution in [0.25, 0.3) is 0 Å². The van der Waals surface area contributed by atoms with Crippen molar-refractivity contribution in [2.24, 2.45) is 0 Å². The first-order chi connectivity index (χ1) is 15.7. The molecule has 3 rings (SSSR count). The van der Waals surface area contributed by atoms with E-state index in [2.05, 4.69) is 38.8 Å². The van der Waals surface area contributed by atoms with E-state index in [1.807, 2.05) is 26.8 Å². The Morgan fingerprint density at radius 2 is 1.58 bits per heavy atom. The molecule has 0 aliphatic rings. The molecule has 0 fully saturated rings. The van der Waals surface area contributed by atoms with E-state index in [-0.39, 0.29) is 4.90 Å². The molecular weight excluding hydrogens is 438 g/mol. The van der Waals surface area contributed by atoms with Crippen molar-refractivity contribution >= 4 is 33.0 Å². The van der Waals surface area contributed by atoms with Gasteiger partial charge in [-0.2, -0.15) is 0 Å². The largest absolute Gasteiger partial charge is 0.494 e. The fourth-order valence-corrected chi connectivity index (χ4v) is 4.56. The van der Waals surface area contributed by atoms with E-state index in [0.29, 0.717) is 29.7 Å². The van der Waals surface area contributed by atoms with Gasteiger partial charge in [0.2, 0.25) is 0 Å². The number of aromatic nitrogens is 2. The number of aryl methyl sites for hydroxylation is 2. The van der Waals surface area contributed by atoms with Crippen LogP contribution in [0.3, 0.4) is 0 Å². The van der Waals surface area contributed by atoms with Gasteiger partial charge in [0.25, 0.3) is 10.0 Å². The third-order valence-corrected chi connectivity index (χ3v) is 6.46. The van der Waals surface area contributed by atoms with E-state index in [1.54, 1.807) is 42.5 Å². The Morgan fingerprint density at radius 3 is 2.18 bits per heavy atom. The zero-order chi connectivity index (χ0) is 24.0. The number of anilines is 4. The van der Waals surface area contributed by atoms with Crippen LogP contribution in [0.15, 0.2) is 53.4 Å². The van der Waals surface area contributed by atoms with Gasteiger partial charge in [0, 0.05) is 30.5 Å². The van der Waals surface area contributed by atoms with Crippen molar-refractivity contribution < 1.29 is 13.2 Å². The molecule has 9 heteroatoms. The van der Waals surface area contributed by atoms with Gasteiger partial charge in [-0.1, -0.05) is 0 Å². The van der Waals surface area contributed by atoms with Crippen LogP contribution < -0.4 is 19.7 Å². The Balaban J connectivity index is 1.74. The SMILES string of the molecule is CCOc1ccc(S(=O)(=O)Nc2ccc(Nc3cc(N(CC)CC)nc(C)n3)cc2)cc1C. The lowest BCUT2D eigenvalue weighted by Gasteiger charge is -2.20. The van der Waals surface area contributed by atoms with Crippen molar-refractivity contribution in [2.75, 3.05) is 34.6 Å². The number of nitrogens with one attached hydrogen (secondary N) is 2. The third-order valence-electron chi connectivity index (χ3n) is 5.08. The maximum Gasteiger partial charge on any atom is 0.261 e. The minimum Gasteiger partial charge on any atom is -0.494 e. The molecule has 0 bridgehead atoms. The van der Waals surface area contributed by atoms with Crippen LogP contribution in [0, 0.1) is 13.8 Å². The maximum atomic E-state index is 12.8. The second kappa shape index (κ2) is 10.5. The van der Waals surface area contributed by atoms with Gasteiger partial charge >= 0.3 is 0 Å². The number of rotatable bonds is 10. The lowest BCUT2D eigenvalue weighted by molar-refractivity contribution is 0.337. The van der Waals surface area contributed by atoms with Gasteiger partial charge in [-0.05, 0) is 82.6 Å². The van der Waals surface area contributed by atoms with Crippen LogP contribution in [-0.2, 0) is 10.0 Å². The van der Waals surface area contributed by atoms with Gasteiger partial charge in [0.05, 0.1) is 11.5 Å². The monoisotopic (exact) mass is 469 g/mol. The summed E-state index contributed by atoms with van der Waals surface area (Å²) in [5.74, 6) is 2.90. The molecule has 0 amide bonds. The van der Waals surface area contributed by atoms with Gasteiger partial charge in [-0.3, -0.25) is 4.72 Å². The first kappa shape index (κ1) is 24.3. The molecule has 0 spiro atoms. The van der Waals surface area contributed by atoms with Crippen LogP contribution in [0.2, 0.25) is 0 Å². The summed E-state index contributed by atoms with van der Waals surface area (Å²) in [6.45, 7) is 12.0. The van der Waals surface area contributed by atoms with Gasteiger partial charge in [0.15, 0.2) is 0 Å². The smallest absolute Gasteiger partial charge is 0.261 e. The van der Waals surface area contributed by atoms with E-state index in [4.69, 9.17) is 4.74 Å². The second-order valence-electron chi connectivity index (χ2n) is 7.50. The molecule has 0 unspecified atom stereocenters. The van der Waals surface area contributed by atoms with Crippen LogP contribution in [0.5, 0.6) is 5.75 Å². The highest BCUT2D eigenvalue weighted by Crippen LogP contribution is 2.25. The van der Waals surface area contributed by atoms with Gasteiger partial charge in [-0.25, -0.2) is 18.4 Å². The predicted molar refractivity (Wildman–Crippen MR) is 133 cm³/mol. The summed E-state index contributed by atoms with van der Waals surface area (Å²) < 4.78 is 33.7. The van der Waals surface area contributed by atoms with Crippen molar-refractivity contribution in [3.8, 4) is 5.75 Å². The number of sulfonamides is 1. The summed E-state index contributed by atoms with van der Waals surface area (Å²) in [4.78, 5) is 11.3. The Hall–Kier alpha value is -3.33. The van der Waals surface area contributed by atoms with E-state index < -0.39 is 10.0 Å². The third kappa shape index (κ3) is 6.13. The molecular formula is C24H31N5O3S. The zero-order valence-corrected chi connectivity index (χ0v) is 20.5. The van der Waals surface area contributed by atoms with Crippen molar-refractivity contribution in [3.05, 3.63) is 59.9 Å². The summed E-state index contributed by atoms with van der Waals surface area (Å²) >= 11 is 0. The number of hydrogen-bond donors (Lipinski definition) is 2. The van der Waals surface area contributed by atoms with Crippen LogP contribution in [-0.4, -0.2) is 38.1 Å². The molecule has 2 aromatic carbocycles. The van der Waals surface area contributed by atoms with Crippen LogP contribution >= 0.6 is 0 Å². The molecule has 0 atom stereocenters. The Morgan fingerprint density at radius 1 is 0.909 bits per heavy atom. The highest BCUT2D eigenvalue weighted by molar-refractivity contribution is 7.92. The van der Waals surface area contributed by atoms with Crippen molar-refractivity contribution in [1.29, 1.82) is 0 Å². The quantitative estimate of drug-likeness (QED) is 0.437. The molecule has 0 aliphatic carbocycles. The van der Waals surface area contributed by atoms with E-state index in [1.165, 1.54) is 0 Å². The lowest BCUT2D eigenvalue weighted by Crippen LogP contribution is -2.23. The zero-order valence-electron chi connectivity index (χ0n) is 19.7. The molecule has 0 radical (unpaired) electrons. The average Bonchev–Trinajstić information content (AvgIpc) is 2.77. The maximum absolute atomic E-state index is 12.8. The Kier molecular flexibility index (Phi) is 7.75. The molecule has 8 nitrogen and oxygen atoms in total. The number of benzene rings is 2. The number of ether oxygens (including phenoxy) is 1. The standard InChI is InChI=1S/C24H31N5O3S/c1-6-29(7-2)24-16-23(25-18(5)26-24)27-19-9-11-20(12-10-19)28-33(30,31)21-13-14-22(32-8-3)17(4)15-21/h9-16,28H,6-8H2,1-5H3,(H,25,26,27). The predicted octanol–water partition coefficient (Wildman–Crippen LogP) is 4.88. The summed E-state index contributed by atoms with van der Waals surface area (Å²) in [7, 11) is -3.72. The molecule has 176 valence electrons. The van der Waals surface area contributed by atoms with Crippen molar-refractivity contribution in [3.63, 3.8) is 0 Å². The highest BCUT2D eigenvalue weighted by Gasteiger charge is 2.16. The lowest BCUT2D eigenvalue weighted by atomic mass is 10.2. The summed E-state index contributed by atoms with van der Waals surface area (Å²) in [5, 5.41) is 3.27. The highest BCUT2D eigenvalue weighted by atomic mass is 32.2. The molecule has 1 heterocycles. The summed E-state index contributed by atoms with van der Waals surface area (Å²) in [6, 6.07) is 13.8. The molecule has 0 aliphatic heterocycles. The second-order valence-corrected chi connectivity index (χ2v) is 9.18. The minimum absolute atomic E-state index is 0.186. The minimum atomic E-state index is -3.72. The molecule has 2 N–H and O–H groups in total. The fraction of sp³-hybridized carbons (Fsp3) is 0.333. The van der Waals surface area contributed by atoms with Crippen LogP contribution in [0.4, 0.5) is 23.0 Å². The molecule has 1 aromatic heterocycles. The first-order valence-corrected chi connectivity index (χ1v) is 12.5. The van der Waals surface area contributed by atoms with Gasteiger partial charge < -0.3 is 15.0 Å².